The highest BCUT2D eigenvalue weighted by Gasteiger charge is 2.30. The standard InChI is InChI=1S/C21H16F3N7O/c1-12-2-3-14(20(32)30-16-9-15(4-6-26-16)21(22,23)24)8-13(12)5-7-31-11-29-17-18(25)27-10-28-19(17)31/h2-11H,1H3,(H2,25,27,28)(H,26,30,32)/b7-5+. The van der Waals surface area contributed by atoms with E-state index < -0.39 is 17.6 Å². The van der Waals surface area contributed by atoms with Crippen LogP contribution in [0.4, 0.5) is 24.8 Å². The smallest absolute Gasteiger partial charge is 0.382 e. The second kappa shape index (κ2) is 8.10. The maximum atomic E-state index is 12.9. The molecule has 0 saturated heterocycles. The number of alkyl halides is 3. The second-order valence-electron chi connectivity index (χ2n) is 6.85. The highest BCUT2D eigenvalue weighted by Crippen LogP contribution is 2.30. The van der Waals surface area contributed by atoms with Crippen molar-refractivity contribution >= 4 is 41.0 Å². The topological polar surface area (TPSA) is 112 Å². The number of carbonyl (C=O) groups excluding carboxylic acids is 1. The fourth-order valence-corrected chi connectivity index (χ4v) is 2.96. The molecule has 4 aromatic rings. The van der Waals surface area contributed by atoms with Crippen molar-refractivity contribution < 1.29 is 18.0 Å². The van der Waals surface area contributed by atoms with Gasteiger partial charge in [-0.3, -0.25) is 9.36 Å². The Hall–Kier alpha value is -4.28. The van der Waals surface area contributed by atoms with Crippen molar-refractivity contribution in [2.45, 2.75) is 13.1 Å². The van der Waals surface area contributed by atoms with E-state index in [1.54, 1.807) is 35.0 Å². The lowest BCUT2D eigenvalue weighted by molar-refractivity contribution is -0.137. The Bertz CT molecular complexity index is 1340. The summed E-state index contributed by atoms with van der Waals surface area (Å²) in [6.07, 6.45) is 2.80. The average molecular weight is 439 g/mol. The summed E-state index contributed by atoms with van der Waals surface area (Å²) in [7, 11) is 0. The molecule has 0 spiro atoms. The Labute approximate surface area is 179 Å². The fraction of sp³-hybridized carbons (Fsp3) is 0.0952. The number of benzene rings is 1. The van der Waals surface area contributed by atoms with Crippen molar-refractivity contribution in [3.8, 4) is 0 Å². The van der Waals surface area contributed by atoms with Crippen molar-refractivity contribution in [2.24, 2.45) is 0 Å². The Morgan fingerprint density at radius 2 is 1.94 bits per heavy atom. The number of aryl methyl sites for hydroxylation is 1. The zero-order chi connectivity index (χ0) is 22.9. The van der Waals surface area contributed by atoms with Crippen LogP contribution in [0.15, 0.2) is 49.2 Å². The van der Waals surface area contributed by atoms with Crippen LogP contribution in [0, 0.1) is 6.92 Å². The van der Waals surface area contributed by atoms with Crippen LogP contribution < -0.4 is 11.1 Å². The largest absolute Gasteiger partial charge is 0.416 e. The molecular weight excluding hydrogens is 423 g/mol. The normalized spacial score (nSPS) is 11.9. The minimum absolute atomic E-state index is 0.190. The quantitative estimate of drug-likeness (QED) is 0.497. The summed E-state index contributed by atoms with van der Waals surface area (Å²) in [6.45, 7) is 1.86. The fourth-order valence-electron chi connectivity index (χ4n) is 2.96. The van der Waals surface area contributed by atoms with Gasteiger partial charge in [0.15, 0.2) is 17.0 Å². The average Bonchev–Trinajstić information content (AvgIpc) is 3.17. The summed E-state index contributed by atoms with van der Waals surface area (Å²) >= 11 is 0. The number of hydrogen-bond donors (Lipinski definition) is 2. The van der Waals surface area contributed by atoms with Gasteiger partial charge in [-0.1, -0.05) is 6.07 Å². The molecule has 0 radical (unpaired) electrons. The van der Waals surface area contributed by atoms with Gasteiger partial charge in [0.05, 0.1) is 5.56 Å². The van der Waals surface area contributed by atoms with Gasteiger partial charge in [0.25, 0.3) is 5.91 Å². The molecule has 0 aliphatic carbocycles. The van der Waals surface area contributed by atoms with Crippen LogP contribution in [-0.4, -0.2) is 30.4 Å². The van der Waals surface area contributed by atoms with Crippen LogP contribution >= 0.6 is 0 Å². The van der Waals surface area contributed by atoms with E-state index in [2.05, 4.69) is 25.3 Å². The van der Waals surface area contributed by atoms with Crippen LogP contribution in [0.25, 0.3) is 23.4 Å². The number of imidazole rings is 1. The molecule has 0 bridgehead atoms. The van der Waals surface area contributed by atoms with Gasteiger partial charge in [-0.05, 0) is 48.4 Å². The minimum Gasteiger partial charge on any atom is -0.382 e. The third-order valence-electron chi connectivity index (χ3n) is 4.67. The van der Waals surface area contributed by atoms with Gasteiger partial charge in [-0.25, -0.2) is 19.9 Å². The monoisotopic (exact) mass is 439 g/mol. The van der Waals surface area contributed by atoms with Gasteiger partial charge in [0, 0.05) is 18.0 Å². The maximum absolute atomic E-state index is 12.9. The number of halogens is 3. The number of rotatable bonds is 4. The van der Waals surface area contributed by atoms with Gasteiger partial charge in [0.2, 0.25) is 0 Å². The molecule has 3 heterocycles. The van der Waals surface area contributed by atoms with Crippen LogP contribution in [0.5, 0.6) is 0 Å². The molecule has 0 fully saturated rings. The summed E-state index contributed by atoms with van der Waals surface area (Å²) in [5.74, 6) is -0.509. The molecule has 0 atom stereocenters. The molecule has 1 aromatic carbocycles. The number of nitrogens with zero attached hydrogens (tertiary/aromatic N) is 5. The molecule has 0 saturated carbocycles. The first-order valence-corrected chi connectivity index (χ1v) is 9.29. The maximum Gasteiger partial charge on any atom is 0.416 e. The third-order valence-corrected chi connectivity index (χ3v) is 4.67. The van der Waals surface area contributed by atoms with E-state index in [0.29, 0.717) is 11.2 Å². The zero-order valence-electron chi connectivity index (χ0n) is 16.6. The lowest BCUT2D eigenvalue weighted by Crippen LogP contribution is -2.14. The predicted octanol–water partition coefficient (Wildman–Crippen LogP) is 4.01. The summed E-state index contributed by atoms with van der Waals surface area (Å²) in [5.41, 5.74) is 7.75. The molecule has 8 nitrogen and oxygen atoms in total. The zero-order valence-corrected chi connectivity index (χ0v) is 16.6. The number of carbonyl (C=O) groups is 1. The summed E-state index contributed by atoms with van der Waals surface area (Å²) in [6, 6.07) is 6.56. The molecule has 3 N–H and O–H groups in total. The van der Waals surface area contributed by atoms with Crippen LogP contribution in [-0.2, 0) is 6.18 Å². The Kier molecular flexibility index (Phi) is 5.31. The number of aromatic nitrogens is 5. The van der Waals surface area contributed by atoms with Gasteiger partial charge in [-0.2, -0.15) is 13.2 Å². The highest BCUT2D eigenvalue weighted by molar-refractivity contribution is 6.04. The molecular formula is C21H16F3N7O. The molecule has 32 heavy (non-hydrogen) atoms. The lowest BCUT2D eigenvalue weighted by Gasteiger charge is -2.10. The van der Waals surface area contributed by atoms with Gasteiger partial charge >= 0.3 is 6.18 Å². The van der Waals surface area contributed by atoms with Crippen LogP contribution in [0.2, 0.25) is 0 Å². The Morgan fingerprint density at radius 3 is 2.72 bits per heavy atom. The van der Waals surface area contributed by atoms with E-state index in [1.165, 1.54) is 12.7 Å². The predicted molar refractivity (Wildman–Crippen MR) is 113 cm³/mol. The highest BCUT2D eigenvalue weighted by atomic mass is 19.4. The van der Waals surface area contributed by atoms with E-state index in [4.69, 9.17) is 5.73 Å². The molecule has 4 rings (SSSR count). The number of nitrogens with two attached hydrogens (primary N) is 1. The van der Waals surface area contributed by atoms with Crippen molar-refractivity contribution in [1.82, 2.24) is 24.5 Å². The van der Waals surface area contributed by atoms with E-state index in [9.17, 15) is 18.0 Å². The van der Waals surface area contributed by atoms with Gasteiger partial charge in [-0.15, -0.1) is 0 Å². The van der Waals surface area contributed by atoms with Crippen molar-refractivity contribution in [3.05, 3.63) is 71.4 Å². The SMILES string of the molecule is Cc1ccc(C(=O)Nc2cc(C(F)(F)F)ccn2)cc1/C=C/n1cnc2c(N)ncnc21. The number of nitrogens with one attached hydrogen (secondary N) is 1. The molecule has 1 amide bonds. The first-order valence-electron chi connectivity index (χ1n) is 9.29. The summed E-state index contributed by atoms with van der Waals surface area (Å²) in [5, 5.41) is 2.40. The first kappa shape index (κ1) is 21.0. The van der Waals surface area contributed by atoms with Crippen LogP contribution in [0.1, 0.15) is 27.0 Å². The van der Waals surface area contributed by atoms with Crippen LogP contribution in [0.3, 0.4) is 0 Å². The molecule has 0 unspecified atom stereocenters. The summed E-state index contributed by atoms with van der Waals surface area (Å²) in [4.78, 5) is 28.6. The number of pyridine rings is 1. The van der Waals surface area contributed by atoms with Crippen molar-refractivity contribution in [1.29, 1.82) is 0 Å². The minimum atomic E-state index is -4.53. The van der Waals surface area contributed by atoms with E-state index in [1.807, 2.05) is 6.92 Å². The Morgan fingerprint density at radius 1 is 1.12 bits per heavy atom. The number of hydrogen-bond acceptors (Lipinski definition) is 6. The number of amides is 1. The van der Waals surface area contributed by atoms with Gasteiger partial charge in [0.1, 0.15) is 18.5 Å². The number of nitrogen functional groups attached to an aromatic ring is 1. The molecule has 0 aliphatic heterocycles. The van der Waals surface area contributed by atoms with E-state index in [-0.39, 0.29) is 17.2 Å². The molecule has 162 valence electrons. The molecule has 3 aromatic heterocycles. The summed E-state index contributed by atoms with van der Waals surface area (Å²) < 4.78 is 40.3. The number of anilines is 2. The van der Waals surface area contributed by atoms with Crippen molar-refractivity contribution in [2.75, 3.05) is 11.1 Å². The van der Waals surface area contributed by atoms with E-state index in [0.717, 1.165) is 29.5 Å². The van der Waals surface area contributed by atoms with Gasteiger partial charge < -0.3 is 11.1 Å². The molecule has 0 aliphatic rings. The molecule has 11 heteroatoms. The Balaban J connectivity index is 1.58. The first-order chi connectivity index (χ1) is 15.2. The lowest BCUT2D eigenvalue weighted by atomic mass is 10.0. The second-order valence-corrected chi connectivity index (χ2v) is 6.85. The van der Waals surface area contributed by atoms with Crippen molar-refractivity contribution in [3.63, 3.8) is 0 Å². The number of fused-ring (bicyclic) bond motifs is 1. The third kappa shape index (κ3) is 4.26. The van der Waals surface area contributed by atoms with E-state index >= 15 is 0 Å².